The fourth-order valence-electron chi connectivity index (χ4n) is 1.76. The summed E-state index contributed by atoms with van der Waals surface area (Å²) in [6.45, 7) is 3.84. The van der Waals surface area contributed by atoms with E-state index in [4.69, 9.17) is 21.1 Å². The maximum atomic E-state index is 11.7. The Labute approximate surface area is 145 Å². The van der Waals surface area contributed by atoms with E-state index in [1.165, 1.54) is 6.21 Å². The molecule has 2 rings (SSSR count). The minimum atomic E-state index is -0.384. The zero-order valence-corrected chi connectivity index (χ0v) is 13.7. The van der Waals surface area contributed by atoms with Crippen LogP contribution in [0.3, 0.4) is 0 Å². The van der Waals surface area contributed by atoms with Crippen molar-refractivity contribution in [3.63, 3.8) is 0 Å². The van der Waals surface area contributed by atoms with Crippen LogP contribution in [0.25, 0.3) is 0 Å². The lowest BCUT2D eigenvalue weighted by Crippen LogP contribution is -2.24. The van der Waals surface area contributed by atoms with Crippen molar-refractivity contribution in [2.24, 2.45) is 5.10 Å². The standard InChI is InChI=1S/C18H17ClN2O3/c1-2-10-23-15-7-5-6-14(11-15)12-20-21-18(22)13-24-17-9-4-3-8-16(17)19/h2-9,11-12H,1,10,13H2,(H,21,22)/b20-12+. The maximum absolute atomic E-state index is 11.7. The van der Waals surface area contributed by atoms with Gasteiger partial charge in [0.2, 0.25) is 0 Å². The van der Waals surface area contributed by atoms with Gasteiger partial charge in [-0.25, -0.2) is 5.43 Å². The van der Waals surface area contributed by atoms with E-state index in [0.29, 0.717) is 23.1 Å². The van der Waals surface area contributed by atoms with E-state index in [1.807, 2.05) is 18.2 Å². The summed E-state index contributed by atoms with van der Waals surface area (Å²) in [5.74, 6) is 0.767. The molecule has 0 saturated carbocycles. The van der Waals surface area contributed by atoms with E-state index in [9.17, 15) is 4.79 Å². The Morgan fingerprint density at radius 3 is 2.83 bits per heavy atom. The largest absolute Gasteiger partial charge is 0.490 e. The molecule has 0 heterocycles. The van der Waals surface area contributed by atoms with Gasteiger partial charge in [-0.1, -0.05) is 48.5 Å². The Hall–Kier alpha value is -2.79. The number of amides is 1. The molecule has 0 aliphatic rings. The lowest BCUT2D eigenvalue weighted by atomic mass is 10.2. The first kappa shape index (κ1) is 17.6. The van der Waals surface area contributed by atoms with Crippen LogP contribution >= 0.6 is 11.6 Å². The van der Waals surface area contributed by atoms with E-state index in [-0.39, 0.29) is 12.5 Å². The highest BCUT2D eigenvalue weighted by atomic mass is 35.5. The number of nitrogens with one attached hydrogen (secondary N) is 1. The highest BCUT2D eigenvalue weighted by molar-refractivity contribution is 6.32. The third-order valence-corrected chi connectivity index (χ3v) is 3.14. The van der Waals surface area contributed by atoms with Crippen molar-refractivity contribution in [2.75, 3.05) is 13.2 Å². The zero-order chi connectivity index (χ0) is 17.2. The van der Waals surface area contributed by atoms with Gasteiger partial charge in [0.05, 0.1) is 11.2 Å². The quantitative estimate of drug-likeness (QED) is 0.453. The summed E-state index contributed by atoms with van der Waals surface area (Å²) in [6, 6.07) is 14.3. The molecule has 0 aliphatic carbocycles. The molecule has 2 aromatic carbocycles. The smallest absolute Gasteiger partial charge is 0.277 e. The highest BCUT2D eigenvalue weighted by Crippen LogP contribution is 2.22. The average Bonchev–Trinajstić information content (AvgIpc) is 2.60. The van der Waals surface area contributed by atoms with Crippen LogP contribution in [0.1, 0.15) is 5.56 Å². The van der Waals surface area contributed by atoms with Gasteiger partial charge in [0, 0.05) is 0 Å². The van der Waals surface area contributed by atoms with Gasteiger partial charge in [-0.15, -0.1) is 0 Å². The SMILES string of the molecule is C=CCOc1cccc(/C=N/NC(=O)COc2ccccc2Cl)c1. The third-order valence-electron chi connectivity index (χ3n) is 2.82. The summed E-state index contributed by atoms with van der Waals surface area (Å²) in [6.07, 6.45) is 3.19. The summed E-state index contributed by atoms with van der Waals surface area (Å²) in [4.78, 5) is 11.7. The fraction of sp³-hybridized carbons (Fsp3) is 0.111. The molecule has 5 nitrogen and oxygen atoms in total. The number of nitrogens with zero attached hydrogens (tertiary/aromatic N) is 1. The van der Waals surface area contributed by atoms with Crippen LogP contribution in [-0.2, 0) is 4.79 Å². The number of benzene rings is 2. The average molecular weight is 345 g/mol. The molecule has 0 atom stereocenters. The van der Waals surface area contributed by atoms with Gasteiger partial charge in [0.25, 0.3) is 5.91 Å². The van der Waals surface area contributed by atoms with E-state index in [2.05, 4.69) is 17.1 Å². The van der Waals surface area contributed by atoms with Crippen molar-refractivity contribution in [1.82, 2.24) is 5.43 Å². The molecule has 24 heavy (non-hydrogen) atoms. The van der Waals surface area contributed by atoms with Crippen LogP contribution in [0.4, 0.5) is 0 Å². The minimum Gasteiger partial charge on any atom is -0.490 e. The van der Waals surface area contributed by atoms with Crippen molar-refractivity contribution in [1.29, 1.82) is 0 Å². The predicted octanol–water partition coefficient (Wildman–Crippen LogP) is 3.43. The molecular formula is C18H17ClN2O3. The number of hydrogen-bond acceptors (Lipinski definition) is 4. The zero-order valence-electron chi connectivity index (χ0n) is 12.9. The number of hydrazone groups is 1. The summed E-state index contributed by atoms with van der Waals surface area (Å²) in [7, 11) is 0. The summed E-state index contributed by atoms with van der Waals surface area (Å²) in [5, 5.41) is 4.33. The molecule has 6 heteroatoms. The van der Waals surface area contributed by atoms with Gasteiger partial charge in [0.15, 0.2) is 6.61 Å². The maximum Gasteiger partial charge on any atom is 0.277 e. The molecule has 0 fully saturated rings. The van der Waals surface area contributed by atoms with E-state index in [1.54, 1.807) is 36.4 Å². The second kappa shape index (κ2) is 9.37. The summed E-state index contributed by atoms with van der Waals surface area (Å²) in [5.41, 5.74) is 3.18. The van der Waals surface area contributed by atoms with Crippen molar-refractivity contribution < 1.29 is 14.3 Å². The minimum absolute atomic E-state index is 0.177. The van der Waals surface area contributed by atoms with Crippen LogP contribution in [0.2, 0.25) is 5.02 Å². The van der Waals surface area contributed by atoms with Crippen molar-refractivity contribution in [3.05, 3.63) is 71.8 Å². The molecule has 0 spiro atoms. The first-order valence-electron chi connectivity index (χ1n) is 7.22. The Bertz CT molecular complexity index is 732. The lowest BCUT2D eigenvalue weighted by molar-refractivity contribution is -0.123. The van der Waals surface area contributed by atoms with Gasteiger partial charge in [-0.2, -0.15) is 5.10 Å². The van der Waals surface area contributed by atoms with E-state index >= 15 is 0 Å². The molecule has 0 radical (unpaired) electrons. The second-order valence-electron chi connectivity index (χ2n) is 4.68. The molecule has 0 aliphatic heterocycles. The van der Waals surface area contributed by atoms with Gasteiger partial charge in [-0.05, 0) is 29.8 Å². The number of rotatable bonds is 8. The molecule has 124 valence electrons. The molecule has 0 aromatic heterocycles. The molecular weight excluding hydrogens is 328 g/mol. The first-order chi connectivity index (χ1) is 11.7. The van der Waals surface area contributed by atoms with Crippen LogP contribution in [0.5, 0.6) is 11.5 Å². The molecule has 0 bridgehead atoms. The number of para-hydroxylation sites is 1. The first-order valence-corrected chi connectivity index (χ1v) is 7.60. The van der Waals surface area contributed by atoms with Crippen LogP contribution < -0.4 is 14.9 Å². The molecule has 0 unspecified atom stereocenters. The van der Waals surface area contributed by atoms with Crippen LogP contribution in [0, 0.1) is 0 Å². The van der Waals surface area contributed by atoms with Crippen LogP contribution in [0.15, 0.2) is 66.3 Å². The molecule has 1 N–H and O–H groups in total. The number of halogens is 1. The second-order valence-corrected chi connectivity index (χ2v) is 5.09. The lowest BCUT2D eigenvalue weighted by Gasteiger charge is -2.06. The van der Waals surface area contributed by atoms with Crippen molar-refractivity contribution in [2.45, 2.75) is 0 Å². The Kier molecular flexibility index (Phi) is 6.86. The summed E-state index contributed by atoms with van der Waals surface area (Å²) < 4.78 is 10.7. The number of carbonyl (C=O) groups is 1. The number of ether oxygens (including phenoxy) is 2. The highest BCUT2D eigenvalue weighted by Gasteiger charge is 2.04. The normalized spacial score (nSPS) is 10.4. The topological polar surface area (TPSA) is 59.9 Å². The molecule has 0 saturated heterocycles. The fourth-order valence-corrected chi connectivity index (χ4v) is 1.95. The predicted molar refractivity (Wildman–Crippen MR) is 94.8 cm³/mol. The number of carbonyl (C=O) groups excluding carboxylic acids is 1. The van der Waals surface area contributed by atoms with E-state index < -0.39 is 0 Å². The number of hydrogen-bond donors (Lipinski definition) is 1. The van der Waals surface area contributed by atoms with Gasteiger partial charge in [-0.3, -0.25) is 4.79 Å². The Morgan fingerprint density at radius 2 is 2.04 bits per heavy atom. The Morgan fingerprint density at radius 1 is 1.21 bits per heavy atom. The monoisotopic (exact) mass is 344 g/mol. The third kappa shape index (κ3) is 5.78. The molecule has 1 amide bonds. The van der Waals surface area contributed by atoms with Gasteiger partial charge < -0.3 is 9.47 Å². The Balaban J connectivity index is 1.82. The summed E-state index contributed by atoms with van der Waals surface area (Å²) >= 11 is 5.94. The van der Waals surface area contributed by atoms with Gasteiger partial charge in [0.1, 0.15) is 18.1 Å². The molecule has 2 aromatic rings. The van der Waals surface area contributed by atoms with Crippen molar-refractivity contribution in [3.8, 4) is 11.5 Å². The van der Waals surface area contributed by atoms with Crippen molar-refractivity contribution >= 4 is 23.7 Å². The van der Waals surface area contributed by atoms with Crippen LogP contribution in [-0.4, -0.2) is 25.3 Å². The van der Waals surface area contributed by atoms with E-state index in [0.717, 1.165) is 5.56 Å². The van der Waals surface area contributed by atoms with Gasteiger partial charge >= 0.3 is 0 Å².